The molecule has 0 spiro atoms. The highest BCUT2D eigenvalue weighted by atomic mass is 32.1. The summed E-state index contributed by atoms with van der Waals surface area (Å²) >= 11 is 4.64. The van der Waals surface area contributed by atoms with Crippen molar-refractivity contribution in [2.75, 3.05) is 0 Å². The van der Waals surface area contributed by atoms with Crippen LogP contribution in [0, 0.1) is 5.92 Å². The number of nitrogens with zero attached hydrogens (tertiary/aromatic N) is 1. The van der Waals surface area contributed by atoms with Crippen molar-refractivity contribution in [3.8, 4) is 0 Å². The molecule has 1 nitrogen and oxygen atoms in total. The van der Waals surface area contributed by atoms with Gasteiger partial charge in [0.1, 0.15) is 0 Å². The zero-order chi connectivity index (χ0) is 8.77. The van der Waals surface area contributed by atoms with Gasteiger partial charge >= 0.3 is 0 Å². The van der Waals surface area contributed by atoms with Gasteiger partial charge < -0.3 is 0 Å². The minimum absolute atomic E-state index is 0.488. The number of hydrogen-bond acceptors (Lipinski definition) is 2. The molecule has 2 aliphatic rings. The molecule has 0 aromatic carbocycles. The lowest BCUT2D eigenvalue weighted by atomic mass is 9.82. The maximum atomic E-state index is 4.64. The van der Waals surface area contributed by atoms with Crippen LogP contribution in [0.2, 0.25) is 0 Å². The molecular weight excluding hydrogens is 166 g/mol. The third kappa shape index (κ3) is 1.20. The summed E-state index contributed by atoms with van der Waals surface area (Å²) in [4.78, 5) is 0. The molecular formula is C10H19NS. The van der Waals surface area contributed by atoms with Crippen molar-refractivity contribution in [1.82, 2.24) is 4.31 Å². The van der Waals surface area contributed by atoms with Gasteiger partial charge in [-0.3, -0.25) is 0 Å². The minimum Gasteiger partial charge on any atom is -0.244 e. The second-order valence-electron chi connectivity index (χ2n) is 4.90. The highest BCUT2D eigenvalue weighted by molar-refractivity contribution is 7.77. The molecule has 12 heavy (non-hydrogen) atoms. The first-order chi connectivity index (χ1) is 5.64. The molecule has 0 aromatic rings. The topological polar surface area (TPSA) is 3.24 Å². The molecule has 0 saturated carbocycles. The van der Waals surface area contributed by atoms with Crippen LogP contribution >= 0.6 is 12.8 Å². The molecule has 0 aliphatic carbocycles. The van der Waals surface area contributed by atoms with Crippen LogP contribution in [0.5, 0.6) is 0 Å². The van der Waals surface area contributed by atoms with Gasteiger partial charge in [0, 0.05) is 11.6 Å². The predicted molar refractivity (Wildman–Crippen MR) is 55.3 cm³/mol. The van der Waals surface area contributed by atoms with Crippen LogP contribution in [0.4, 0.5) is 0 Å². The number of hydrogen-bond donors (Lipinski definition) is 1. The van der Waals surface area contributed by atoms with Crippen LogP contribution in [0.1, 0.15) is 46.0 Å². The lowest BCUT2D eigenvalue weighted by molar-refractivity contribution is 0.237. The molecule has 0 N–H and O–H groups in total. The van der Waals surface area contributed by atoms with E-state index in [4.69, 9.17) is 0 Å². The standard InChI is InChI=1S/C10H19NS/c1-8(2)7-10-5-3-9(4-6-10)11(10)12/h8-9,12H,3-7H2,1-2H3. The van der Waals surface area contributed by atoms with E-state index in [-0.39, 0.29) is 0 Å². The quantitative estimate of drug-likeness (QED) is 0.647. The zero-order valence-corrected chi connectivity index (χ0v) is 8.98. The van der Waals surface area contributed by atoms with Crippen molar-refractivity contribution < 1.29 is 0 Å². The van der Waals surface area contributed by atoms with Crippen molar-refractivity contribution in [3.63, 3.8) is 0 Å². The molecule has 2 saturated heterocycles. The molecule has 2 heteroatoms. The highest BCUT2D eigenvalue weighted by Crippen LogP contribution is 2.50. The molecule has 0 amide bonds. The molecule has 2 fully saturated rings. The highest BCUT2D eigenvalue weighted by Gasteiger charge is 2.50. The summed E-state index contributed by atoms with van der Waals surface area (Å²) in [5.41, 5.74) is 0.488. The Kier molecular flexibility index (Phi) is 2.16. The molecule has 0 atom stereocenters. The Bertz CT molecular complexity index is 171. The number of thiol groups is 1. The first-order valence-electron chi connectivity index (χ1n) is 5.12. The molecule has 70 valence electrons. The Morgan fingerprint density at radius 1 is 1.42 bits per heavy atom. The van der Waals surface area contributed by atoms with E-state index in [0.29, 0.717) is 5.54 Å². The predicted octanol–water partition coefficient (Wildman–Crippen LogP) is 2.87. The molecule has 2 bridgehead atoms. The van der Waals surface area contributed by atoms with Crippen molar-refractivity contribution in [3.05, 3.63) is 0 Å². The monoisotopic (exact) mass is 185 g/mol. The average molecular weight is 185 g/mol. The summed E-state index contributed by atoms with van der Waals surface area (Å²) in [5, 5.41) is 0. The van der Waals surface area contributed by atoms with E-state index in [1.54, 1.807) is 0 Å². The largest absolute Gasteiger partial charge is 0.244 e. The van der Waals surface area contributed by atoms with Crippen LogP contribution in [-0.4, -0.2) is 15.9 Å². The fraction of sp³-hybridized carbons (Fsp3) is 1.00. The van der Waals surface area contributed by atoms with Gasteiger partial charge in [-0.25, -0.2) is 4.31 Å². The van der Waals surface area contributed by atoms with Crippen LogP contribution in [0.25, 0.3) is 0 Å². The third-order valence-corrected chi connectivity index (χ3v) is 4.26. The Balaban J connectivity index is 2.09. The van der Waals surface area contributed by atoms with E-state index >= 15 is 0 Å². The Morgan fingerprint density at radius 2 is 2.00 bits per heavy atom. The molecule has 0 radical (unpaired) electrons. The maximum absolute atomic E-state index is 4.64. The van der Waals surface area contributed by atoms with Crippen LogP contribution in [-0.2, 0) is 0 Å². The molecule has 2 aliphatic heterocycles. The molecule has 2 heterocycles. The normalized spacial score (nSPS) is 41.5. The van der Waals surface area contributed by atoms with Gasteiger partial charge in [0.2, 0.25) is 0 Å². The minimum atomic E-state index is 0.488. The van der Waals surface area contributed by atoms with Gasteiger partial charge in [0.05, 0.1) is 0 Å². The van der Waals surface area contributed by atoms with Crippen molar-refractivity contribution in [2.24, 2.45) is 5.92 Å². The van der Waals surface area contributed by atoms with Gasteiger partial charge in [-0.15, -0.1) is 0 Å². The van der Waals surface area contributed by atoms with E-state index in [0.717, 1.165) is 12.0 Å². The van der Waals surface area contributed by atoms with Crippen molar-refractivity contribution in [2.45, 2.75) is 57.5 Å². The van der Waals surface area contributed by atoms with Gasteiger partial charge in [-0.05, 0) is 38.0 Å². The Labute approximate surface area is 81.1 Å². The Hall–Kier alpha value is 0.310. The van der Waals surface area contributed by atoms with E-state index in [1.807, 2.05) is 0 Å². The van der Waals surface area contributed by atoms with Gasteiger partial charge in [0.15, 0.2) is 0 Å². The maximum Gasteiger partial charge on any atom is 0.0317 e. The summed E-state index contributed by atoms with van der Waals surface area (Å²) in [6.45, 7) is 4.64. The van der Waals surface area contributed by atoms with Crippen molar-refractivity contribution >= 4 is 12.8 Å². The second-order valence-corrected chi connectivity index (χ2v) is 5.33. The second kappa shape index (κ2) is 2.91. The fourth-order valence-electron chi connectivity index (χ4n) is 3.06. The summed E-state index contributed by atoms with van der Waals surface area (Å²) in [5.74, 6) is 0.816. The lowest BCUT2D eigenvalue weighted by Gasteiger charge is -2.32. The smallest absolute Gasteiger partial charge is 0.0317 e. The number of fused-ring (bicyclic) bond motifs is 2. The Morgan fingerprint density at radius 3 is 2.33 bits per heavy atom. The summed E-state index contributed by atoms with van der Waals surface area (Å²) < 4.78 is 2.37. The molecule has 0 aromatic heterocycles. The summed E-state index contributed by atoms with van der Waals surface area (Å²) in [6.07, 6.45) is 6.89. The lowest BCUT2D eigenvalue weighted by Crippen LogP contribution is -2.35. The average Bonchev–Trinajstić information content (AvgIpc) is 2.43. The van der Waals surface area contributed by atoms with Crippen LogP contribution < -0.4 is 0 Å². The van der Waals surface area contributed by atoms with Crippen LogP contribution in [0.15, 0.2) is 0 Å². The van der Waals surface area contributed by atoms with E-state index in [2.05, 4.69) is 31.0 Å². The van der Waals surface area contributed by atoms with Gasteiger partial charge in [0.25, 0.3) is 0 Å². The first-order valence-corrected chi connectivity index (χ1v) is 5.52. The van der Waals surface area contributed by atoms with E-state index < -0.39 is 0 Å². The van der Waals surface area contributed by atoms with E-state index in [1.165, 1.54) is 32.1 Å². The number of rotatable bonds is 2. The first kappa shape index (κ1) is 8.89. The van der Waals surface area contributed by atoms with Gasteiger partial charge in [-0.2, -0.15) is 0 Å². The fourth-order valence-corrected chi connectivity index (χ4v) is 3.57. The molecule has 0 unspecified atom stereocenters. The SMILES string of the molecule is CC(C)CC12CCC(CC1)N2S. The van der Waals surface area contributed by atoms with Crippen LogP contribution in [0.3, 0.4) is 0 Å². The van der Waals surface area contributed by atoms with Gasteiger partial charge in [-0.1, -0.05) is 26.7 Å². The van der Waals surface area contributed by atoms with Crippen molar-refractivity contribution in [1.29, 1.82) is 0 Å². The van der Waals surface area contributed by atoms with E-state index in [9.17, 15) is 0 Å². The zero-order valence-electron chi connectivity index (χ0n) is 8.08. The molecule has 2 rings (SSSR count). The summed E-state index contributed by atoms with van der Waals surface area (Å²) in [6, 6.07) is 0.798. The third-order valence-electron chi connectivity index (χ3n) is 3.51. The summed E-state index contributed by atoms with van der Waals surface area (Å²) in [7, 11) is 0.